The molecule has 0 aliphatic carbocycles. The maximum Gasteiger partial charge on any atom is 0.269 e. The highest BCUT2D eigenvalue weighted by Crippen LogP contribution is 2.31. The van der Waals surface area contributed by atoms with E-state index in [0.717, 1.165) is 4.90 Å². The normalized spacial score (nSPS) is 17.0. The first-order valence-electron chi connectivity index (χ1n) is 12.4. The minimum Gasteiger partial charge on any atom is -0.443 e. The van der Waals surface area contributed by atoms with Crippen LogP contribution in [0.5, 0.6) is 0 Å². The molecule has 0 saturated carbocycles. The predicted molar refractivity (Wildman–Crippen MR) is 141 cm³/mol. The number of primary amides is 1. The highest BCUT2D eigenvalue weighted by molar-refractivity contribution is 6.04. The molecular weight excluding hydrogens is 522 g/mol. The monoisotopic (exact) mass is 544 g/mol. The van der Waals surface area contributed by atoms with Crippen LogP contribution in [0.15, 0.2) is 71.5 Å². The second-order valence-electron chi connectivity index (χ2n) is 9.47. The Hall–Kier alpha value is -5.13. The number of benzene rings is 3. The van der Waals surface area contributed by atoms with Crippen LogP contribution < -0.4 is 11.1 Å². The average molecular weight is 545 g/mol. The summed E-state index contributed by atoms with van der Waals surface area (Å²) in [4.78, 5) is 43.5. The quantitative estimate of drug-likeness (QED) is 0.335. The van der Waals surface area contributed by atoms with Crippen molar-refractivity contribution in [2.45, 2.75) is 25.2 Å². The molecule has 1 saturated heterocycles. The van der Waals surface area contributed by atoms with Crippen LogP contribution in [0.2, 0.25) is 0 Å². The zero-order valence-corrected chi connectivity index (χ0v) is 20.9. The van der Waals surface area contributed by atoms with Crippen LogP contribution in [0.4, 0.5) is 14.5 Å². The first-order valence-corrected chi connectivity index (χ1v) is 12.4. The Balaban J connectivity index is 1.23. The second-order valence-corrected chi connectivity index (χ2v) is 9.47. The number of nitrogens with one attached hydrogen (secondary N) is 1. The number of hydrogen-bond donors (Lipinski definition) is 2. The molecule has 3 N–H and O–H groups in total. The van der Waals surface area contributed by atoms with Crippen LogP contribution in [-0.4, -0.2) is 56.1 Å². The highest BCUT2D eigenvalue weighted by Gasteiger charge is 2.40. The van der Waals surface area contributed by atoms with Gasteiger partial charge in [-0.3, -0.25) is 19.1 Å². The number of nitrogens with zero attached hydrogens (tertiary/aromatic N) is 4. The number of likely N-dealkylation sites (tertiary alicyclic amines) is 1. The zero-order chi connectivity index (χ0) is 28.0. The van der Waals surface area contributed by atoms with E-state index >= 15 is 4.39 Å². The number of carbonyl (C=O) groups is 3. The first-order chi connectivity index (χ1) is 19.3. The Morgan fingerprint density at radius 1 is 1.10 bits per heavy atom. The van der Waals surface area contributed by atoms with Crippen LogP contribution in [0.25, 0.3) is 33.1 Å². The summed E-state index contributed by atoms with van der Waals surface area (Å²) in [6.07, 6.45) is -0.394. The van der Waals surface area contributed by atoms with Gasteiger partial charge < -0.3 is 20.4 Å². The summed E-state index contributed by atoms with van der Waals surface area (Å²) >= 11 is 0. The molecule has 1 aliphatic rings. The van der Waals surface area contributed by atoms with Gasteiger partial charge in [-0.05, 0) is 29.8 Å². The largest absolute Gasteiger partial charge is 0.443 e. The number of amides is 3. The molecule has 10 nitrogen and oxygen atoms in total. The maximum atomic E-state index is 15.5. The van der Waals surface area contributed by atoms with Crippen molar-refractivity contribution in [3.63, 3.8) is 0 Å². The summed E-state index contributed by atoms with van der Waals surface area (Å²) in [6.45, 7) is -0.655. The smallest absolute Gasteiger partial charge is 0.269 e. The molecule has 12 heteroatoms. The van der Waals surface area contributed by atoms with E-state index in [1.165, 1.54) is 17.1 Å². The van der Waals surface area contributed by atoms with E-state index in [9.17, 15) is 18.8 Å². The number of para-hydroxylation sites is 1. The number of carbonyl (C=O) groups excluding carboxylic acids is 3. The fourth-order valence-electron chi connectivity index (χ4n) is 5.05. The van der Waals surface area contributed by atoms with Crippen LogP contribution in [0.3, 0.4) is 0 Å². The predicted octanol–water partition coefficient (Wildman–Crippen LogP) is 3.66. The van der Waals surface area contributed by atoms with E-state index in [-0.39, 0.29) is 36.5 Å². The molecule has 1 aliphatic heterocycles. The van der Waals surface area contributed by atoms with Gasteiger partial charge >= 0.3 is 0 Å². The van der Waals surface area contributed by atoms with Gasteiger partial charge in [-0.25, -0.2) is 13.8 Å². The van der Waals surface area contributed by atoms with Crippen molar-refractivity contribution >= 4 is 45.4 Å². The van der Waals surface area contributed by atoms with E-state index in [4.69, 9.17) is 10.2 Å². The van der Waals surface area contributed by atoms with Crippen LogP contribution in [0, 0.1) is 5.82 Å². The molecule has 0 bridgehead atoms. The fourth-order valence-corrected chi connectivity index (χ4v) is 5.05. The minimum absolute atomic E-state index is 0.000500. The summed E-state index contributed by atoms with van der Waals surface area (Å²) < 4.78 is 36.5. The Morgan fingerprint density at radius 2 is 1.93 bits per heavy atom. The minimum atomic E-state index is -1.44. The Labute approximate surface area is 225 Å². The van der Waals surface area contributed by atoms with Crippen molar-refractivity contribution in [2.75, 3.05) is 11.9 Å². The van der Waals surface area contributed by atoms with E-state index < -0.39 is 35.8 Å². The Bertz CT molecular complexity index is 1800. The lowest BCUT2D eigenvalue weighted by Gasteiger charge is -2.24. The molecule has 6 rings (SSSR count). The van der Waals surface area contributed by atoms with Crippen molar-refractivity contribution in [3.05, 3.63) is 78.6 Å². The van der Waals surface area contributed by atoms with Gasteiger partial charge in [-0.15, -0.1) is 0 Å². The molecule has 3 amide bonds. The first kappa shape index (κ1) is 25.2. The number of oxazole rings is 1. The number of halogens is 2. The second kappa shape index (κ2) is 9.88. The van der Waals surface area contributed by atoms with Gasteiger partial charge in [0.1, 0.15) is 24.3 Å². The molecule has 3 aromatic carbocycles. The maximum absolute atomic E-state index is 15.5. The van der Waals surface area contributed by atoms with Crippen LogP contribution in [-0.2, 0) is 16.1 Å². The third-order valence-corrected chi connectivity index (χ3v) is 6.95. The van der Waals surface area contributed by atoms with Gasteiger partial charge in [0.05, 0.1) is 17.7 Å². The molecule has 40 heavy (non-hydrogen) atoms. The molecule has 0 spiro atoms. The van der Waals surface area contributed by atoms with Gasteiger partial charge in [0, 0.05) is 17.4 Å². The van der Waals surface area contributed by atoms with Crippen LogP contribution in [0.1, 0.15) is 16.9 Å². The standard InChI is InChI=1S/C28H22F2N6O4/c29-16-11-22(35(12-16)24(37)13-36-21-7-2-1-4-18(21)26(34-36)27(31)38)28(39)33-19-6-3-5-17(25(19)30)15-8-9-23-20(10-15)32-14-40-23/h1-10,14,16,22H,11-13H2,(H2,31,38)(H,33,39)/t16-,22+/m1/s1. The lowest BCUT2D eigenvalue weighted by atomic mass is 10.0. The third kappa shape index (κ3) is 4.42. The Kier molecular flexibility index (Phi) is 6.21. The van der Waals surface area contributed by atoms with Crippen LogP contribution >= 0.6 is 0 Å². The molecule has 5 aromatic rings. The molecule has 1 fully saturated rings. The molecule has 0 unspecified atom stereocenters. The summed E-state index contributed by atoms with van der Waals surface area (Å²) in [6, 6.07) is 15.1. The third-order valence-electron chi connectivity index (χ3n) is 6.95. The van der Waals surface area contributed by atoms with E-state index in [1.807, 2.05) is 0 Å². The summed E-state index contributed by atoms with van der Waals surface area (Å²) in [5.74, 6) is -2.75. The SMILES string of the molecule is NC(=O)c1nn(CC(=O)N2C[C@H](F)C[C@H]2C(=O)Nc2cccc(-c3ccc4ocnc4c3)c2F)c2ccccc12. The molecule has 3 heterocycles. The van der Waals surface area contributed by atoms with E-state index in [2.05, 4.69) is 15.4 Å². The number of hydrogen-bond acceptors (Lipinski definition) is 6. The van der Waals surface area contributed by atoms with Crippen molar-refractivity contribution in [3.8, 4) is 11.1 Å². The molecule has 2 aromatic heterocycles. The number of rotatable bonds is 6. The fraction of sp³-hybridized carbons (Fsp3) is 0.179. The van der Waals surface area contributed by atoms with Gasteiger partial charge in [0.25, 0.3) is 5.91 Å². The van der Waals surface area contributed by atoms with Crippen molar-refractivity contribution < 1.29 is 27.6 Å². The molecule has 2 atom stereocenters. The number of aromatic nitrogens is 3. The molecule has 0 radical (unpaired) electrons. The number of fused-ring (bicyclic) bond motifs is 2. The lowest BCUT2D eigenvalue weighted by molar-refractivity contribution is -0.137. The van der Waals surface area contributed by atoms with Gasteiger partial charge in [0.15, 0.2) is 23.5 Å². The van der Waals surface area contributed by atoms with Gasteiger partial charge in [-0.1, -0.05) is 36.4 Å². The number of alkyl halides is 1. The highest BCUT2D eigenvalue weighted by atomic mass is 19.1. The summed E-state index contributed by atoms with van der Waals surface area (Å²) in [5, 5.41) is 7.16. The molecule has 202 valence electrons. The Morgan fingerprint density at radius 3 is 2.75 bits per heavy atom. The summed E-state index contributed by atoms with van der Waals surface area (Å²) in [5.41, 5.74) is 7.66. The lowest BCUT2D eigenvalue weighted by Crippen LogP contribution is -2.44. The zero-order valence-electron chi connectivity index (χ0n) is 20.9. The van der Waals surface area contributed by atoms with Gasteiger partial charge in [0.2, 0.25) is 11.8 Å². The number of nitrogens with two attached hydrogens (primary N) is 1. The van der Waals surface area contributed by atoms with E-state index in [0.29, 0.717) is 27.6 Å². The van der Waals surface area contributed by atoms with Gasteiger partial charge in [-0.2, -0.15) is 5.10 Å². The number of anilines is 1. The van der Waals surface area contributed by atoms with Crippen molar-refractivity contribution in [1.29, 1.82) is 0 Å². The summed E-state index contributed by atoms with van der Waals surface area (Å²) in [7, 11) is 0. The van der Waals surface area contributed by atoms with Crippen molar-refractivity contribution in [1.82, 2.24) is 19.7 Å². The topological polar surface area (TPSA) is 136 Å². The van der Waals surface area contributed by atoms with Crippen molar-refractivity contribution in [2.24, 2.45) is 5.73 Å². The molecular formula is C28H22F2N6O4. The van der Waals surface area contributed by atoms with E-state index in [1.54, 1.807) is 54.6 Å². The average Bonchev–Trinajstić information content (AvgIpc) is 3.66.